The predicted molar refractivity (Wildman–Crippen MR) is 79.0 cm³/mol. The number of aromatic carboxylic acids is 1. The number of nitrogens with one attached hydrogen (secondary N) is 1. The van der Waals surface area contributed by atoms with E-state index in [1.165, 1.54) is 31.0 Å². The van der Waals surface area contributed by atoms with Crippen molar-refractivity contribution in [1.29, 1.82) is 0 Å². The van der Waals surface area contributed by atoms with Gasteiger partial charge in [0.25, 0.3) is 0 Å². The summed E-state index contributed by atoms with van der Waals surface area (Å²) in [5, 5.41) is 9.05. The fourth-order valence-electron chi connectivity index (χ4n) is 2.14. The molecule has 0 atom stereocenters. The molecule has 0 unspecified atom stereocenters. The number of nitrogens with zero attached hydrogens (tertiary/aromatic N) is 1. The highest BCUT2D eigenvalue weighted by molar-refractivity contribution is 7.89. The molecule has 1 fully saturated rings. The lowest BCUT2D eigenvalue weighted by atomic mass is 10.1. The molecule has 116 valence electrons. The van der Waals surface area contributed by atoms with Gasteiger partial charge in [0.15, 0.2) is 0 Å². The number of benzene rings is 1. The molecule has 2 N–H and O–H groups in total. The Morgan fingerprint density at radius 2 is 2.10 bits per heavy atom. The van der Waals surface area contributed by atoms with Crippen molar-refractivity contribution in [3.05, 3.63) is 29.3 Å². The van der Waals surface area contributed by atoms with Crippen LogP contribution in [-0.2, 0) is 10.0 Å². The SMILES string of the molecule is Cc1ccc(S(=O)(=O)NCCN(C)C2CC2)cc1C(=O)O. The maximum Gasteiger partial charge on any atom is 0.335 e. The third-order valence-electron chi connectivity index (χ3n) is 3.68. The van der Waals surface area contributed by atoms with E-state index >= 15 is 0 Å². The van der Waals surface area contributed by atoms with Gasteiger partial charge in [-0.25, -0.2) is 17.9 Å². The summed E-state index contributed by atoms with van der Waals surface area (Å²) in [5.41, 5.74) is 0.544. The molecule has 1 saturated carbocycles. The molecule has 0 bridgehead atoms. The molecule has 7 heteroatoms. The summed E-state index contributed by atoms with van der Waals surface area (Å²) >= 11 is 0. The van der Waals surface area contributed by atoms with Crippen molar-refractivity contribution in [2.75, 3.05) is 20.1 Å². The number of hydrogen-bond donors (Lipinski definition) is 2. The van der Waals surface area contributed by atoms with Crippen LogP contribution in [0.25, 0.3) is 0 Å². The van der Waals surface area contributed by atoms with Gasteiger partial charge in [0, 0.05) is 19.1 Å². The van der Waals surface area contributed by atoms with E-state index in [9.17, 15) is 13.2 Å². The summed E-state index contributed by atoms with van der Waals surface area (Å²) in [5.74, 6) is -1.13. The Morgan fingerprint density at radius 1 is 1.43 bits per heavy atom. The molecule has 21 heavy (non-hydrogen) atoms. The molecule has 0 radical (unpaired) electrons. The van der Waals surface area contributed by atoms with Crippen molar-refractivity contribution >= 4 is 16.0 Å². The fraction of sp³-hybridized carbons (Fsp3) is 0.500. The van der Waals surface area contributed by atoms with Gasteiger partial charge >= 0.3 is 5.97 Å². The first-order chi connectivity index (χ1) is 9.81. The van der Waals surface area contributed by atoms with E-state index in [-0.39, 0.29) is 10.5 Å². The molecule has 1 aromatic carbocycles. The summed E-state index contributed by atoms with van der Waals surface area (Å²) in [4.78, 5) is 13.2. The number of carbonyl (C=O) groups is 1. The van der Waals surface area contributed by atoms with Crippen LogP contribution in [0.5, 0.6) is 0 Å². The number of carboxylic acids is 1. The Balaban J connectivity index is 2.04. The summed E-state index contributed by atoms with van der Waals surface area (Å²) in [6.45, 7) is 2.59. The van der Waals surface area contributed by atoms with Gasteiger partial charge in [0.1, 0.15) is 0 Å². The van der Waals surface area contributed by atoms with Crippen LogP contribution in [0.1, 0.15) is 28.8 Å². The molecule has 2 rings (SSSR count). The second kappa shape index (κ2) is 6.13. The normalized spacial score (nSPS) is 15.4. The zero-order valence-corrected chi connectivity index (χ0v) is 13.0. The molecule has 1 aliphatic carbocycles. The van der Waals surface area contributed by atoms with Crippen LogP contribution in [-0.4, -0.2) is 50.6 Å². The van der Waals surface area contributed by atoms with Crippen LogP contribution in [0.3, 0.4) is 0 Å². The van der Waals surface area contributed by atoms with Crippen molar-refractivity contribution in [2.45, 2.75) is 30.7 Å². The van der Waals surface area contributed by atoms with Gasteiger partial charge in [-0.15, -0.1) is 0 Å². The first kappa shape index (κ1) is 15.9. The molecule has 1 aliphatic rings. The molecule has 0 amide bonds. The molecule has 6 nitrogen and oxygen atoms in total. The molecule has 0 aliphatic heterocycles. The minimum atomic E-state index is -3.67. The molecule has 0 aromatic heterocycles. The van der Waals surface area contributed by atoms with E-state index < -0.39 is 16.0 Å². The largest absolute Gasteiger partial charge is 0.478 e. The van der Waals surface area contributed by atoms with Crippen LogP contribution in [0, 0.1) is 6.92 Å². The quantitative estimate of drug-likeness (QED) is 0.786. The van der Waals surface area contributed by atoms with Crippen LogP contribution in [0.2, 0.25) is 0 Å². The molecule has 1 aromatic rings. The molecular formula is C14H20N2O4S. The van der Waals surface area contributed by atoms with Crippen molar-refractivity contribution in [3.8, 4) is 0 Å². The van der Waals surface area contributed by atoms with Crippen LogP contribution >= 0.6 is 0 Å². The average Bonchev–Trinajstić information content (AvgIpc) is 3.22. The van der Waals surface area contributed by atoms with E-state index in [0.717, 1.165) is 0 Å². The van der Waals surface area contributed by atoms with E-state index in [1.54, 1.807) is 6.92 Å². The lowest BCUT2D eigenvalue weighted by Crippen LogP contribution is -2.34. The Hall–Kier alpha value is -1.44. The van der Waals surface area contributed by atoms with Gasteiger partial charge in [0.05, 0.1) is 10.5 Å². The second-order valence-corrected chi connectivity index (χ2v) is 7.16. The van der Waals surface area contributed by atoms with Crippen molar-refractivity contribution in [1.82, 2.24) is 9.62 Å². The minimum absolute atomic E-state index is 0.00738. The maximum atomic E-state index is 12.2. The van der Waals surface area contributed by atoms with E-state index in [1.807, 2.05) is 7.05 Å². The first-order valence-corrected chi connectivity index (χ1v) is 8.33. The average molecular weight is 312 g/mol. The Kier molecular flexibility index (Phi) is 4.65. The summed E-state index contributed by atoms with van der Waals surface area (Å²) in [6.07, 6.45) is 2.34. The third-order valence-corrected chi connectivity index (χ3v) is 5.14. The lowest BCUT2D eigenvalue weighted by Gasteiger charge is -2.16. The van der Waals surface area contributed by atoms with E-state index in [0.29, 0.717) is 24.7 Å². The predicted octanol–water partition coefficient (Wildman–Crippen LogP) is 1.07. The smallest absolute Gasteiger partial charge is 0.335 e. The number of hydrogen-bond acceptors (Lipinski definition) is 4. The number of sulfonamides is 1. The van der Waals surface area contributed by atoms with E-state index in [2.05, 4.69) is 9.62 Å². The zero-order chi connectivity index (χ0) is 15.6. The highest BCUT2D eigenvalue weighted by Crippen LogP contribution is 2.24. The Labute approximate surface area is 124 Å². The van der Waals surface area contributed by atoms with Crippen LogP contribution < -0.4 is 4.72 Å². The lowest BCUT2D eigenvalue weighted by molar-refractivity contribution is 0.0696. The monoisotopic (exact) mass is 312 g/mol. The van der Waals surface area contributed by atoms with Gasteiger partial charge in [-0.05, 0) is 44.5 Å². The molecular weight excluding hydrogens is 292 g/mol. The van der Waals surface area contributed by atoms with Gasteiger partial charge in [-0.3, -0.25) is 0 Å². The van der Waals surface area contributed by atoms with Crippen molar-refractivity contribution < 1.29 is 18.3 Å². The standard InChI is InChI=1S/C14H20N2O4S/c1-10-3-6-12(9-13(10)14(17)18)21(19,20)15-7-8-16(2)11-4-5-11/h3,6,9,11,15H,4-5,7-8H2,1-2H3,(H,17,18). The molecule has 0 saturated heterocycles. The fourth-order valence-corrected chi connectivity index (χ4v) is 3.18. The maximum absolute atomic E-state index is 12.2. The highest BCUT2D eigenvalue weighted by atomic mass is 32.2. The highest BCUT2D eigenvalue weighted by Gasteiger charge is 2.26. The number of carboxylic acid groups (broad SMARTS) is 1. The first-order valence-electron chi connectivity index (χ1n) is 6.85. The summed E-state index contributed by atoms with van der Waals surface area (Å²) in [7, 11) is -1.70. The third kappa shape index (κ3) is 4.03. The Morgan fingerprint density at radius 3 is 2.67 bits per heavy atom. The van der Waals surface area contributed by atoms with Gasteiger partial charge < -0.3 is 10.0 Å². The number of aryl methyl sites for hydroxylation is 1. The van der Waals surface area contributed by atoms with Crippen LogP contribution in [0.15, 0.2) is 23.1 Å². The van der Waals surface area contributed by atoms with Crippen LogP contribution in [0.4, 0.5) is 0 Å². The van der Waals surface area contributed by atoms with Crippen molar-refractivity contribution in [2.24, 2.45) is 0 Å². The van der Waals surface area contributed by atoms with E-state index in [4.69, 9.17) is 5.11 Å². The number of likely N-dealkylation sites (N-methyl/N-ethyl adjacent to an activating group) is 1. The van der Waals surface area contributed by atoms with Gasteiger partial charge in [-0.2, -0.15) is 0 Å². The molecule has 0 heterocycles. The topological polar surface area (TPSA) is 86.7 Å². The summed E-state index contributed by atoms with van der Waals surface area (Å²) in [6, 6.07) is 4.71. The van der Waals surface area contributed by atoms with Crippen molar-refractivity contribution in [3.63, 3.8) is 0 Å². The van der Waals surface area contributed by atoms with Gasteiger partial charge in [0.2, 0.25) is 10.0 Å². The minimum Gasteiger partial charge on any atom is -0.478 e. The van der Waals surface area contributed by atoms with Gasteiger partial charge in [-0.1, -0.05) is 6.07 Å². The Bertz CT molecular complexity index is 638. The summed E-state index contributed by atoms with van der Waals surface area (Å²) < 4.78 is 26.8. The number of rotatable bonds is 7. The zero-order valence-electron chi connectivity index (χ0n) is 12.2. The second-order valence-electron chi connectivity index (χ2n) is 5.39. The molecule has 0 spiro atoms.